The number of aromatic nitrogens is 4. The summed E-state index contributed by atoms with van der Waals surface area (Å²) in [4.78, 5) is 8.48. The molecule has 4 rings (SSSR count). The van der Waals surface area contributed by atoms with Crippen LogP contribution in [0.3, 0.4) is 0 Å². The van der Waals surface area contributed by atoms with Crippen LogP contribution in [0.15, 0.2) is 47.3 Å². The highest BCUT2D eigenvalue weighted by Crippen LogP contribution is 2.26. The molecular formula is C13H9N5O. The van der Waals surface area contributed by atoms with E-state index < -0.39 is 0 Å². The van der Waals surface area contributed by atoms with E-state index in [0.717, 1.165) is 22.3 Å². The molecule has 0 atom stereocenters. The molecule has 0 radical (unpaired) electrons. The van der Waals surface area contributed by atoms with Crippen LogP contribution in [0.2, 0.25) is 0 Å². The van der Waals surface area contributed by atoms with E-state index >= 15 is 0 Å². The molecule has 0 aliphatic carbocycles. The second-order valence-corrected chi connectivity index (χ2v) is 4.17. The van der Waals surface area contributed by atoms with Crippen molar-refractivity contribution in [3.8, 4) is 11.3 Å². The summed E-state index contributed by atoms with van der Waals surface area (Å²) >= 11 is 0. The zero-order chi connectivity index (χ0) is 12.8. The molecule has 0 saturated heterocycles. The zero-order valence-corrected chi connectivity index (χ0v) is 9.82. The van der Waals surface area contributed by atoms with Crippen molar-refractivity contribution in [2.45, 2.75) is 0 Å². The number of nitrogens with zero attached hydrogens (tertiary/aromatic N) is 4. The molecule has 0 unspecified atom stereocenters. The summed E-state index contributed by atoms with van der Waals surface area (Å²) in [5.41, 5.74) is 9.66. The first kappa shape index (κ1) is 10.1. The third kappa shape index (κ3) is 1.46. The van der Waals surface area contributed by atoms with E-state index in [1.54, 1.807) is 16.9 Å². The molecule has 0 fully saturated rings. The van der Waals surface area contributed by atoms with E-state index in [-0.39, 0.29) is 6.01 Å². The van der Waals surface area contributed by atoms with Crippen molar-refractivity contribution in [1.82, 2.24) is 19.6 Å². The third-order valence-electron chi connectivity index (χ3n) is 3.00. The summed E-state index contributed by atoms with van der Waals surface area (Å²) in [6, 6.07) is 7.78. The fourth-order valence-corrected chi connectivity index (χ4v) is 2.17. The van der Waals surface area contributed by atoms with Gasteiger partial charge in [0.15, 0.2) is 5.58 Å². The van der Waals surface area contributed by atoms with E-state index in [1.807, 2.05) is 30.5 Å². The van der Waals surface area contributed by atoms with Gasteiger partial charge in [-0.1, -0.05) is 6.07 Å². The summed E-state index contributed by atoms with van der Waals surface area (Å²) < 4.78 is 7.12. The summed E-state index contributed by atoms with van der Waals surface area (Å²) in [7, 11) is 0. The van der Waals surface area contributed by atoms with Gasteiger partial charge in [-0.25, -0.2) is 4.52 Å². The Labute approximate surface area is 107 Å². The molecular weight excluding hydrogens is 242 g/mol. The van der Waals surface area contributed by atoms with E-state index in [4.69, 9.17) is 10.2 Å². The number of hydrogen-bond acceptors (Lipinski definition) is 5. The van der Waals surface area contributed by atoms with Crippen molar-refractivity contribution in [3.63, 3.8) is 0 Å². The Hall–Kier alpha value is -2.89. The Balaban J connectivity index is 2.00. The van der Waals surface area contributed by atoms with Gasteiger partial charge in [-0.3, -0.25) is 4.98 Å². The molecule has 0 bridgehead atoms. The van der Waals surface area contributed by atoms with Crippen molar-refractivity contribution >= 4 is 22.6 Å². The SMILES string of the molecule is Nc1nc2ccc(-c3nccn4nccc34)cc2o1. The van der Waals surface area contributed by atoms with Crippen LogP contribution in [0.4, 0.5) is 6.01 Å². The topological polar surface area (TPSA) is 82.2 Å². The molecule has 92 valence electrons. The lowest BCUT2D eigenvalue weighted by atomic mass is 10.1. The Morgan fingerprint density at radius 2 is 2.11 bits per heavy atom. The first-order valence-electron chi connectivity index (χ1n) is 5.76. The minimum absolute atomic E-state index is 0.169. The van der Waals surface area contributed by atoms with Gasteiger partial charge in [0.25, 0.3) is 6.01 Å². The molecule has 19 heavy (non-hydrogen) atoms. The maximum Gasteiger partial charge on any atom is 0.292 e. The molecule has 6 nitrogen and oxygen atoms in total. The summed E-state index contributed by atoms with van der Waals surface area (Å²) in [6.45, 7) is 0. The summed E-state index contributed by atoms with van der Waals surface area (Å²) in [5, 5.41) is 4.19. The van der Waals surface area contributed by atoms with E-state index in [0.29, 0.717) is 5.58 Å². The number of hydrogen-bond donors (Lipinski definition) is 1. The van der Waals surface area contributed by atoms with Crippen molar-refractivity contribution in [3.05, 3.63) is 42.9 Å². The summed E-state index contributed by atoms with van der Waals surface area (Å²) in [5.74, 6) is 0. The van der Waals surface area contributed by atoms with E-state index in [9.17, 15) is 0 Å². The van der Waals surface area contributed by atoms with Crippen molar-refractivity contribution in [2.24, 2.45) is 0 Å². The fourth-order valence-electron chi connectivity index (χ4n) is 2.17. The second kappa shape index (κ2) is 3.55. The van der Waals surface area contributed by atoms with Crippen LogP contribution in [-0.4, -0.2) is 19.6 Å². The normalized spacial score (nSPS) is 11.4. The molecule has 4 aromatic rings. The van der Waals surface area contributed by atoms with Crippen LogP contribution >= 0.6 is 0 Å². The van der Waals surface area contributed by atoms with Crippen LogP contribution < -0.4 is 5.73 Å². The lowest BCUT2D eigenvalue weighted by Gasteiger charge is -2.02. The molecule has 3 heterocycles. The Morgan fingerprint density at radius 3 is 3.05 bits per heavy atom. The lowest BCUT2D eigenvalue weighted by molar-refractivity contribution is 0.626. The van der Waals surface area contributed by atoms with Gasteiger partial charge in [0.2, 0.25) is 0 Å². The van der Waals surface area contributed by atoms with Crippen molar-refractivity contribution in [2.75, 3.05) is 5.73 Å². The number of oxazole rings is 1. The predicted octanol–water partition coefficient (Wildman–Crippen LogP) is 2.12. The Bertz CT molecular complexity index is 892. The largest absolute Gasteiger partial charge is 0.424 e. The number of fused-ring (bicyclic) bond motifs is 2. The van der Waals surface area contributed by atoms with Crippen LogP contribution in [0.1, 0.15) is 0 Å². The first-order valence-corrected chi connectivity index (χ1v) is 5.76. The molecule has 0 aliphatic heterocycles. The van der Waals surface area contributed by atoms with Gasteiger partial charge in [0.05, 0.1) is 17.4 Å². The van der Waals surface area contributed by atoms with Gasteiger partial charge in [-0.05, 0) is 18.2 Å². The number of benzene rings is 1. The van der Waals surface area contributed by atoms with E-state index in [1.165, 1.54) is 0 Å². The lowest BCUT2D eigenvalue weighted by Crippen LogP contribution is -1.91. The zero-order valence-electron chi connectivity index (χ0n) is 9.82. The Morgan fingerprint density at radius 1 is 1.16 bits per heavy atom. The average molecular weight is 251 g/mol. The van der Waals surface area contributed by atoms with Crippen LogP contribution in [0, 0.1) is 0 Å². The summed E-state index contributed by atoms with van der Waals surface area (Å²) in [6.07, 6.45) is 5.27. The molecule has 6 heteroatoms. The number of nitrogen functional groups attached to an aromatic ring is 1. The van der Waals surface area contributed by atoms with Gasteiger partial charge < -0.3 is 10.2 Å². The maximum atomic E-state index is 5.55. The average Bonchev–Trinajstić information content (AvgIpc) is 3.01. The van der Waals surface area contributed by atoms with Crippen molar-refractivity contribution < 1.29 is 4.42 Å². The van der Waals surface area contributed by atoms with Gasteiger partial charge in [-0.15, -0.1) is 0 Å². The van der Waals surface area contributed by atoms with Crippen LogP contribution in [-0.2, 0) is 0 Å². The second-order valence-electron chi connectivity index (χ2n) is 4.17. The molecule has 0 aliphatic rings. The molecule has 1 aromatic carbocycles. The smallest absolute Gasteiger partial charge is 0.292 e. The maximum absolute atomic E-state index is 5.55. The number of nitrogens with two attached hydrogens (primary N) is 1. The quantitative estimate of drug-likeness (QED) is 0.560. The first-order chi connectivity index (χ1) is 9.31. The van der Waals surface area contributed by atoms with Gasteiger partial charge >= 0.3 is 0 Å². The Kier molecular flexibility index (Phi) is 1.88. The number of anilines is 1. The number of rotatable bonds is 1. The highest BCUT2D eigenvalue weighted by Gasteiger charge is 2.09. The van der Waals surface area contributed by atoms with Gasteiger partial charge in [0.1, 0.15) is 5.52 Å². The van der Waals surface area contributed by atoms with E-state index in [2.05, 4.69) is 15.1 Å². The fraction of sp³-hybridized carbons (Fsp3) is 0. The molecule has 0 amide bonds. The third-order valence-corrected chi connectivity index (χ3v) is 3.00. The minimum atomic E-state index is 0.169. The molecule has 3 aromatic heterocycles. The molecule has 2 N–H and O–H groups in total. The van der Waals surface area contributed by atoms with Crippen LogP contribution in [0.5, 0.6) is 0 Å². The standard InChI is InChI=1S/C13H9N5O/c14-13-17-9-2-1-8(7-11(9)19-13)12-10-3-4-16-18(10)6-5-15-12/h1-7H,(H2,14,17). The van der Waals surface area contributed by atoms with Gasteiger partial charge in [-0.2, -0.15) is 10.1 Å². The predicted molar refractivity (Wildman–Crippen MR) is 70.4 cm³/mol. The van der Waals surface area contributed by atoms with Crippen molar-refractivity contribution in [1.29, 1.82) is 0 Å². The molecule has 0 saturated carbocycles. The monoisotopic (exact) mass is 251 g/mol. The highest BCUT2D eigenvalue weighted by atomic mass is 16.4. The minimum Gasteiger partial charge on any atom is -0.424 e. The highest BCUT2D eigenvalue weighted by molar-refractivity contribution is 5.84. The van der Waals surface area contributed by atoms with Crippen LogP contribution in [0.25, 0.3) is 27.9 Å². The molecule has 0 spiro atoms. The van der Waals surface area contributed by atoms with Gasteiger partial charge in [0, 0.05) is 18.0 Å².